The molecular weight excluding hydrogens is 270 g/mol. The minimum Gasteiger partial charge on any atom is -0.478 e. The van der Waals surface area contributed by atoms with E-state index in [0.717, 1.165) is 6.42 Å². The summed E-state index contributed by atoms with van der Waals surface area (Å²) >= 11 is 1.75. The van der Waals surface area contributed by atoms with Gasteiger partial charge in [-0.05, 0) is 23.8 Å². The summed E-state index contributed by atoms with van der Waals surface area (Å²) in [5.41, 5.74) is 0. The number of aromatic nitrogens is 2. The number of hydrogen-bond donors (Lipinski definition) is 1. The van der Waals surface area contributed by atoms with Gasteiger partial charge in [0, 0.05) is 17.1 Å². The van der Waals surface area contributed by atoms with Crippen LogP contribution >= 0.6 is 11.3 Å². The van der Waals surface area contributed by atoms with E-state index < -0.39 is 0 Å². The first-order valence-electron chi connectivity index (χ1n) is 6.96. The topological polar surface area (TPSA) is 47.0 Å². The third-order valence-electron chi connectivity index (χ3n) is 2.89. The first kappa shape index (κ1) is 14.8. The number of rotatable bonds is 7. The molecule has 0 bridgehead atoms. The second-order valence-corrected chi connectivity index (χ2v) is 5.93. The summed E-state index contributed by atoms with van der Waals surface area (Å²) < 4.78 is 5.54. The molecule has 2 aromatic heterocycles. The van der Waals surface area contributed by atoms with Crippen molar-refractivity contribution >= 4 is 17.3 Å². The van der Waals surface area contributed by atoms with Crippen molar-refractivity contribution in [2.75, 3.05) is 11.9 Å². The molecule has 0 spiro atoms. The van der Waals surface area contributed by atoms with Gasteiger partial charge in [-0.2, -0.15) is 4.98 Å². The summed E-state index contributed by atoms with van der Waals surface area (Å²) in [4.78, 5) is 9.98. The Hall–Kier alpha value is -1.62. The fourth-order valence-corrected chi connectivity index (χ4v) is 2.82. The molecule has 1 atom stereocenters. The second kappa shape index (κ2) is 7.24. The molecule has 5 heteroatoms. The fraction of sp³-hybridized carbons (Fsp3) is 0.467. The lowest BCUT2D eigenvalue weighted by atomic mass is 10.0. The van der Waals surface area contributed by atoms with Crippen LogP contribution in [0.5, 0.6) is 5.88 Å². The molecule has 1 unspecified atom stereocenters. The van der Waals surface area contributed by atoms with E-state index in [1.165, 1.54) is 4.88 Å². The van der Waals surface area contributed by atoms with Gasteiger partial charge in [-0.1, -0.05) is 26.8 Å². The SMILES string of the molecule is CCCOc1ccnc(NC(c2cccs2)C(C)C)n1. The molecule has 0 saturated carbocycles. The van der Waals surface area contributed by atoms with Gasteiger partial charge in [0.15, 0.2) is 0 Å². The molecule has 0 aliphatic heterocycles. The van der Waals surface area contributed by atoms with Crippen LogP contribution in [0.4, 0.5) is 5.95 Å². The standard InChI is InChI=1S/C15H21N3OS/c1-4-9-19-13-7-8-16-15(17-13)18-14(11(2)3)12-6-5-10-20-12/h5-8,10-11,14H,4,9H2,1-3H3,(H,16,17,18). The lowest BCUT2D eigenvalue weighted by Crippen LogP contribution is -2.17. The highest BCUT2D eigenvalue weighted by molar-refractivity contribution is 7.10. The van der Waals surface area contributed by atoms with Crippen LogP contribution in [0.15, 0.2) is 29.8 Å². The zero-order valence-electron chi connectivity index (χ0n) is 12.2. The lowest BCUT2D eigenvalue weighted by molar-refractivity contribution is 0.305. The van der Waals surface area contributed by atoms with Crippen molar-refractivity contribution in [3.05, 3.63) is 34.7 Å². The molecule has 0 radical (unpaired) electrons. The Labute approximate surface area is 124 Å². The number of hydrogen-bond acceptors (Lipinski definition) is 5. The van der Waals surface area contributed by atoms with Crippen LogP contribution in [-0.2, 0) is 0 Å². The molecular formula is C15H21N3OS. The van der Waals surface area contributed by atoms with E-state index in [0.29, 0.717) is 24.4 Å². The molecule has 0 amide bonds. The third-order valence-corrected chi connectivity index (χ3v) is 3.84. The summed E-state index contributed by atoms with van der Waals surface area (Å²) in [6.07, 6.45) is 2.70. The van der Waals surface area contributed by atoms with E-state index in [1.807, 2.05) is 0 Å². The maximum atomic E-state index is 5.54. The molecule has 2 aromatic rings. The Morgan fingerprint density at radius 3 is 2.85 bits per heavy atom. The van der Waals surface area contributed by atoms with Gasteiger partial charge in [0.2, 0.25) is 11.8 Å². The molecule has 20 heavy (non-hydrogen) atoms. The van der Waals surface area contributed by atoms with Crippen LogP contribution in [0.3, 0.4) is 0 Å². The number of anilines is 1. The second-order valence-electron chi connectivity index (χ2n) is 4.95. The van der Waals surface area contributed by atoms with Crippen LogP contribution in [0, 0.1) is 5.92 Å². The molecule has 2 heterocycles. The highest BCUT2D eigenvalue weighted by Crippen LogP contribution is 2.28. The molecule has 0 aromatic carbocycles. The molecule has 108 valence electrons. The van der Waals surface area contributed by atoms with Crippen LogP contribution in [0.1, 0.15) is 38.1 Å². The predicted octanol–water partition coefficient (Wildman–Crippen LogP) is 4.14. The Balaban J connectivity index is 2.10. The predicted molar refractivity (Wildman–Crippen MR) is 83.3 cm³/mol. The molecule has 0 aliphatic carbocycles. The Bertz CT molecular complexity index is 514. The van der Waals surface area contributed by atoms with Crippen molar-refractivity contribution in [3.8, 4) is 5.88 Å². The van der Waals surface area contributed by atoms with Gasteiger partial charge in [0.05, 0.1) is 12.6 Å². The largest absolute Gasteiger partial charge is 0.478 e. The van der Waals surface area contributed by atoms with Crippen molar-refractivity contribution in [2.24, 2.45) is 5.92 Å². The Morgan fingerprint density at radius 2 is 2.20 bits per heavy atom. The van der Waals surface area contributed by atoms with Crippen LogP contribution in [0.25, 0.3) is 0 Å². The van der Waals surface area contributed by atoms with E-state index in [4.69, 9.17) is 4.74 Å². The maximum absolute atomic E-state index is 5.54. The van der Waals surface area contributed by atoms with Gasteiger partial charge in [-0.25, -0.2) is 4.98 Å². The summed E-state index contributed by atoms with van der Waals surface area (Å²) in [6, 6.07) is 6.21. The monoisotopic (exact) mass is 291 g/mol. The number of thiophene rings is 1. The van der Waals surface area contributed by atoms with Gasteiger partial charge in [-0.3, -0.25) is 0 Å². The third kappa shape index (κ3) is 3.93. The number of nitrogens with one attached hydrogen (secondary N) is 1. The van der Waals surface area contributed by atoms with E-state index in [-0.39, 0.29) is 6.04 Å². The maximum Gasteiger partial charge on any atom is 0.226 e. The average Bonchev–Trinajstić information content (AvgIpc) is 2.96. The smallest absolute Gasteiger partial charge is 0.226 e. The normalized spacial score (nSPS) is 12.4. The van der Waals surface area contributed by atoms with Crippen LogP contribution in [0.2, 0.25) is 0 Å². The highest BCUT2D eigenvalue weighted by Gasteiger charge is 2.17. The summed E-state index contributed by atoms with van der Waals surface area (Å²) in [6.45, 7) is 7.13. The molecule has 0 fully saturated rings. The molecule has 4 nitrogen and oxygen atoms in total. The quantitative estimate of drug-likeness (QED) is 0.833. The van der Waals surface area contributed by atoms with Gasteiger partial charge in [0.25, 0.3) is 0 Å². The first-order chi connectivity index (χ1) is 9.70. The fourth-order valence-electron chi connectivity index (χ4n) is 1.87. The average molecular weight is 291 g/mol. The van der Waals surface area contributed by atoms with Crippen molar-refractivity contribution in [1.82, 2.24) is 9.97 Å². The Kier molecular flexibility index (Phi) is 5.35. The minimum absolute atomic E-state index is 0.219. The van der Waals surface area contributed by atoms with E-state index >= 15 is 0 Å². The zero-order valence-corrected chi connectivity index (χ0v) is 13.0. The molecule has 0 saturated heterocycles. The highest BCUT2D eigenvalue weighted by atomic mass is 32.1. The van der Waals surface area contributed by atoms with E-state index in [9.17, 15) is 0 Å². The molecule has 2 rings (SSSR count). The minimum atomic E-state index is 0.219. The van der Waals surface area contributed by atoms with E-state index in [1.54, 1.807) is 23.6 Å². The van der Waals surface area contributed by atoms with Crippen LogP contribution in [-0.4, -0.2) is 16.6 Å². The number of ether oxygens (including phenoxy) is 1. The molecule has 0 aliphatic rings. The van der Waals surface area contributed by atoms with Crippen molar-refractivity contribution in [3.63, 3.8) is 0 Å². The summed E-state index contributed by atoms with van der Waals surface area (Å²) in [5, 5.41) is 5.50. The van der Waals surface area contributed by atoms with Crippen molar-refractivity contribution < 1.29 is 4.74 Å². The lowest BCUT2D eigenvalue weighted by Gasteiger charge is -2.21. The molecule has 1 N–H and O–H groups in total. The van der Waals surface area contributed by atoms with Gasteiger partial charge in [-0.15, -0.1) is 11.3 Å². The Morgan fingerprint density at radius 1 is 1.35 bits per heavy atom. The summed E-state index contributed by atoms with van der Waals surface area (Å²) in [7, 11) is 0. The first-order valence-corrected chi connectivity index (χ1v) is 7.84. The zero-order chi connectivity index (χ0) is 14.4. The van der Waals surface area contributed by atoms with Crippen LogP contribution < -0.4 is 10.1 Å². The van der Waals surface area contributed by atoms with Crippen molar-refractivity contribution in [2.45, 2.75) is 33.2 Å². The van der Waals surface area contributed by atoms with E-state index in [2.05, 4.69) is 53.6 Å². The van der Waals surface area contributed by atoms with Crippen molar-refractivity contribution in [1.29, 1.82) is 0 Å². The van der Waals surface area contributed by atoms with Gasteiger partial charge >= 0.3 is 0 Å². The summed E-state index contributed by atoms with van der Waals surface area (Å²) in [5.74, 6) is 1.70. The van der Waals surface area contributed by atoms with Gasteiger partial charge < -0.3 is 10.1 Å². The van der Waals surface area contributed by atoms with Gasteiger partial charge in [0.1, 0.15) is 0 Å². The number of nitrogens with zero attached hydrogens (tertiary/aromatic N) is 2.